The smallest absolute Gasteiger partial charge is 0.417 e. The van der Waals surface area contributed by atoms with Gasteiger partial charge in [0, 0.05) is 36.6 Å². The molecule has 1 aliphatic rings. The van der Waals surface area contributed by atoms with E-state index in [1.54, 1.807) is 66.6 Å². The Balaban J connectivity index is 1.28. The zero-order valence-electron chi connectivity index (χ0n) is 24.8. The number of hydrogen-bond donors (Lipinski definition) is 3. The van der Waals surface area contributed by atoms with Crippen LogP contribution in [0.3, 0.4) is 0 Å². The van der Waals surface area contributed by atoms with Crippen molar-refractivity contribution in [1.82, 2.24) is 25.5 Å². The van der Waals surface area contributed by atoms with Crippen molar-refractivity contribution in [2.75, 3.05) is 6.54 Å². The van der Waals surface area contributed by atoms with Gasteiger partial charge in [-0.15, -0.1) is 0 Å². The molecule has 12 heteroatoms. The molecule has 236 valence electrons. The van der Waals surface area contributed by atoms with Crippen LogP contribution >= 0.6 is 0 Å². The van der Waals surface area contributed by atoms with E-state index in [2.05, 4.69) is 20.6 Å². The number of nitrogens with one attached hydrogen (secondary N) is 2. The molecular formula is C33H34F3N5O4. The van der Waals surface area contributed by atoms with Gasteiger partial charge in [0.05, 0.1) is 29.4 Å². The third kappa shape index (κ3) is 7.58. The maximum Gasteiger partial charge on any atom is 0.417 e. The quantitative estimate of drug-likeness (QED) is 0.217. The second-order valence-corrected chi connectivity index (χ2v) is 11.2. The Labute approximate surface area is 258 Å². The molecule has 4 atom stereocenters. The molecule has 3 N–H and O–H groups in total. The molecule has 1 fully saturated rings. The molecule has 0 spiro atoms. The van der Waals surface area contributed by atoms with E-state index in [-0.39, 0.29) is 29.6 Å². The van der Waals surface area contributed by atoms with Gasteiger partial charge >= 0.3 is 6.18 Å². The molecular weight excluding hydrogens is 587 g/mol. The number of oxazole rings is 1. The summed E-state index contributed by atoms with van der Waals surface area (Å²) >= 11 is 0. The van der Waals surface area contributed by atoms with Gasteiger partial charge in [-0.25, -0.2) is 4.98 Å². The molecule has 2 aromatic carbocycles. The van der Waals surface area contributed by atoms with Gasteiger partial charge in [0.25, 0.3) is 11.8 Å². The first-order chi connectivity index (χ1) is 21.5. The van der Waals surface area contributed by atoms with Crippen molar-refractivity contribution in [3.63, 3.8) is 0 Å². The molecule has 2 aromatic heterocycles. The van der Waals surface area contributed by atoms with Crippen LogP contribution in [0.4, 0.5) is 13.2 Å². The largest absolute Gasteiger partial charge is 0.446 e. The predicted octanol–water partition coefficient (Wildman–Crippen LogP) is 5.38. The van der Waals surface area contributed by atoms with Crippen LogP contribution in [-0.4, -0.2) is 50.5 Å². The van der Waals surface area contributed by atoms with Crippen LogP contribution in [0.1, 0.15) is 80.8 Å². The lowest BCUT2D eigenvalue weighted by Gasteiger charge is -2.30. The van der Waals surface area contributed by atoms with E-state index in [1.807, 2.05) is 6.92 Å². The molecule has 2 amide bonds. The van der Waals surface area contributed by atoms with E-state index in [4.69, 9.17) is 4.42 Å². The van der Waals surface area contributed by atoms with Gasteiger partial charge in [-0.3, -0.25) is 14.6 Å². The fraction of sp³-hybridized carbons (Fsp3) is 0.333. The van der Waals surface area contributed by atoms with Gasteiger partial charge in [0.15, 0.2) is 0 Å². The molecule has 0 aliphatic carbocycles. The Morgan fingerprint density at radius 3 is 2.56 bits per heavy atom. The fourth-order valence-corrected chi connectivity index (χ4v) is 5.48. The maximum atomic E-state index is 13.5. The van der Waals surface area contributed by atoms with Crippen molar-refractivity contribution in [3.05, 3.63) is 119 Å². The molecule has 4 unspecified atom stereocenters. The molecule has 9 nitrogen and oxygen atoms in total. The van der Waals surface area contributed by atoms with Crippen molar-refractivity contribution in [3.8, 4) is 0 Å². The summed E-state index contributed by atoms with van der Waals surface area (Å²) in [5.74, 6) is -0.249. The highest BCUT2D eigenvalue weighted by atomic mass is 19.4. The number of aromatic nitrogens is 2. The maximum absolute atomic E-state index is 13.5. The number of aliphatic hydroxyl groups is 1. The third-order valence-corrected chi connectivity index (χ3v) is 7.83. The standard InChI is InChI=1S/C33H34F3N5O4/c1-20-19-45-31(39-20)27-12-7-13-41(27)32(44)25-11-6-10-24(15-25)30(43)40-21(2)29(42)28(23-8-4-3-5-9-23)38-17-22-14-26(18-37-16-22)33(34,35)36/h3-6,8-11,14-16,18-19,21,27-29,38,42H,7,12-13,17H2,1-2H3,(H,40,43). The summed E-state index contributed by atoms with van der Waals surface area (Å²) < 4.78 is 45.1. The summed E-state index contributed by atoms with van der Waals surface area (Å²) in [6, 6.07) is 14.5. The molecule has 1 saturated heterocycles. The summed E-state index contributed by atoms with van der Waals surface area (Å²) in [5.41, 5.74) is 1.41. The fourth-order valence-electron chi connectivity index (χ4n) is 5.48. The van der Waals surface area contributed by atoms with Crippen molar-refractivity contribution in [2.24, 2.45) is 0 Å². The minimum Gasteiger partial charge on any atom is -0.446 e. The Morgan fingerprint density at radius 1 is 1.09 bits per heavy atom. The van der Waals surface area contributed by atoms with Crippen molar-refractivity contribution in [1.29, 1.82) is 0 Å². The van der Waals surface area contributed by atoms with Crippen LogP contribution in [0.2, 0.25) is 0 Å². The summed E-state index contributed by atoms with van der Waals surface area (Å²) in [6.45, 7) is 3.98. The molecule has 5 rings (SSSR count). The number of nitrogens with zero attached hydrogens (tertiary/aromatic N) is 3. The van der Waals surface area contributed by atoms with E-state index in [0.29, 0.717) is 23.6 Å². The van der Waals surface area contributed by atoms with E-state index in [1.165, 1.54) is 12.3 Å². The average molecular weight is 622 g/mol. The molecule has 0 radical (unpaired) electrons. The van der Waals surface area contributed by atoms with Crippen LogP contribution in [0.25, 0.3) is 0 Å². The number of amides is 2. The van der Waals surface area contributed by atoms with Gasteiger partial charge in [0.2, 0.25) is 5.89 Å². The molecule has 0 bridgehead atoms. The lowest BCUT2D eigenvalue weighted by Crippen LogP contribution is -2.47. The second-order valence-electron chi connectivity index (χ2n) is 11.2. The first-order valence-electron chi connectivity index (χ1n) is 14.6. The van der Waals surface area contributed by atoms with Gasteiger partial charge in [-0.05, 0) is 62.1 Å². The van der Waals surface area contributed by atoms with E-state index in [0.717, 1.165) is 30.8 Å². The number of hydrogen-bond acceptors (Lipinski definition) is 7. The Bertz CT molecular complexity index is 1630. The molecule has 4 aromatic rings. The topological polar surface area (TPSA) is 121 Å². The number of carbonyl (C=O) groups excluding carboxylic acids is 2. The Kier molecular flexibility index (Phi) is 9.64. The lowest BCUT2D eigenvalue weighted by atomic mass is 9.96. The van der Waals surface area contributed by atoms with Crippen LogP contribution in [0.15, 0.2) is 83.7 Å². The summed E-state index contributed by atoms with van der Waals surface area (Å²) in [4.78, 5) is 36.6. The zero-order chi connectivity index (χ0) is 32.1. The van der Waals surface area contributed by atoms with Gasteiger partial charge in [-0.1, -0.05) is 36.4 Å². The van der Waals surface area contributed by atoms with E-state index >= 15 is 0 Å². The zero-order valence-corrected chi connectivity index (χ0v) is 24.8. The van der Waals surface area contributed by atoms with Gasteiger partial charge in [0.1, 0.15) is 12.3 Å². The summed E-state index contributed by atoms with van der Waals surface area (Å²) in [5, 5.41) is 17.3. The Morgan fingerprint density at radius 2 is 1.84 bits per heavy atom. The third-order valence-electron chi connectivity index (χ3n) is 7.83. The number of likely N-dealkylation sites (tertiary alicyclic amines) is 1. The van der Waals surface area contributed by atoms with Crippen molar-refractivity contribution in [2.45, 2.75) is 63.6 Å². The van der Waals surface area contributed by atoms with E-state index in [9.17, 15) is 27.9 Å². The highest BCUT2D eigenvalue weighted by Crippen LogP contribution is 2.33. The highest BCUT2D eigenvalue weighted by Gasteiger charge is 2.34. The summed E-state index contributed by atoms with van der Waals surface area (Å²) in [7, 11) is 0. The lowest BCUT2D eigenvalue weighted by molar-refractivity contribution is -0.137. The number of aryl methyl sites for hydroxylation is 1. The predicted molar refractivity (Wildman–Crippen MR) is 159 cm³/mol. The first kappa shape index (κ1) is 31.9. The van der Waals surface area contributed by atoms with Crippen LogP contribution in [0, 0.1) is 6.92 Å². The van der Waals surface area contributed by atoms with Gasteiger partial charge in [-0.2, -0.15) is 13.2 Å². The van der Waals surface area contributed by atoms with E-state index < -0.39 is 35.8 Å². The normalized spacial score (nSPS) is 17.1. The molecule has 1 aliphatic heterocycles. The van der Waals surface area contributed by atoms with Crippen LogP contribution < -0.4 is 10.6 Å². The molecule has 0 saturated carbocycles. The highest BCUT2D eigenvalue weighted by molar-refractivity contribution is 6.00. The number of pyridine rings is 1. The summed E-state index contributed by atoms with van der Waals surface area (Å²) in [6.07, 6.45) is -0.544. The molecule has 45 heavy (non-hydrogen) atoms. The number of halogens is 3. The SMILES string of the molecule is Cc1coc(C2CCCN2C(=O)c2cccc(C(=O)NC(C)C(O)C(NCc3cncc(C(F)(F)F)c3)c3ccccc3)c2)n1. The van der Waals surface area contributed by atoms with Gasteiger partial charge < -0.3 is 25.1 Å². The molecule has 3 heterocycles. The first-order valence-corrected chi connectivity index (χ1v) is 14.6. The second kappa shape index (κ2) is 13.6. The van der Waals surface area contributed by atoms with Crippen LogP contribution in [-0.2, 0) is 12.7 Å². The monoisotopic (exact) mass is 621 g/mol. The Hall–Kier alpha value is -4.55. The van der Waals surface area contributed by atoms with Crippen molar-refractivity contribution >= 4 is 11.8 Å². The number of aliphatic hydroxyl groups excluding tert-OH is 1. The van der Waals surface area contributed by atoms with Crippen LogP contribution in [0.5, 0.6) is 0 Å². The minimum atomic E-state index is -4.53. The van der Waals surface area contributed by atoms with Crippen molar-refractivity contribution < 1.29 is 32.3 Å². The number of alkyl halides is 3. The number of benzene rings is 2. The number of carbonyl (C=O) groups is 2. The minimum absolute atomic E-state index is 0.0110. The number of rotatable bonds is 10. The average Bonchev–Trinajstić information content (AvgIpc) is 3.70.